The fourth-order valence-corrected chi connectivity index (χ4v) is 1.71. The van der Waals surface area contributed by atoms with Crippen LogP contribution in [0.5, 0.6) is 0 Å². The Bertz CT molecular complexity index is 299. The maximum absolute atomic E-state index is 9.11. The molecule has 0 aliphatic heterocycles. The summed E-state index contributed by atoms with van der Waals surface area (Å²) in [6.07, 6.45) is 0.552. The molecule has 0 radical (unpaired) electrons. The third-order valence-electron chi connectivity index (χ3n) is 2.15. The minimum absolute atomic E-state index is 0.231. The fourth-order valence-electron chi connectivity index (χ4n) is 1.21. The van der Waals surface area contributed by atoms with E-state index in [1.807, 2.05) is 13.0 Å². The van der Waals surface area contributed by atoms with Crippen LogP contribution < -0.4 is 5.32 Å². The van der Waals surface area contributed by atoms with Gasteiger partial charge in [0.05, 0.1) is 6.10 Å². The van der Waals surface area contributed by atoms with Crippen molar-refractivity contribution in [2.45, 2.75) is 26.4 Å². The fraction of sp³-hybridized carbons (Fsp3) is 0.455. The highest BCUT2D eigenvalue weighted by molar-refractivity contribution is 14.1. The van der Waals surface area contributed by atoms with Gasteiger partial charge < -0.3 is 10.4 Å². The van der Waals surface area contributed by atoms with Gasteiger partial charge in [0.2, 0.25) is 0 Å². The minimum atomic E-state index is -0.231. The van der Waals surface area contributed by atoms with Crippen molar-refractivity contribution in [2.24, 2.45) is 0 Å². The van der Waals surface area contributed by atoms with E-state index in [9.17, 15) is 0 Å². The molecule has 0 spiro atoms. The summed E-state index contributed by atoms with van der Waals surface area (Å²) in [7, 11) is 0. The summed E-state index contributed by atoms with van der Waals surface area (Å²) in [5, 5.41) is 12.4. The van der Waals surface area contributed by atoms with E-state index in [0.29, 0.717) is 0 Å². The van der Waals surface area contributed by atoms with Crippen molar-refractivity contribution < 1.29 is 5.11 Å². The van der Waals surface area contributed by atoms with Crippen LogP contribution in [0.3, 0.4) is 0 Å². The third kappa shape index (κ3) is 3.46. The molecule has 2 N–H and O–H groups in total. The minimum Gasteiger partial charge on any atom is -0.393 e. The van der Waals surface area contributed by atoms with Crippen LogP contribution in [0.15, 0.2) is 18.2 Å². The summed E-state index contributed by atoms with van der Waals surface area (Å²) in [4.78, 5) is 0. The lowest BCUT2D eigenvalue weighted by atomic mass is 10.2. The summed E-state index contributed by atoms with van der Waals surface area (Å²) in [5.74, 6) is 0. The molecule has 1 aromatic carbocycles. The standard InChI is InChI=1S/C11H16INO/c1-8(14)6-7-13-11-5-3-4-10(12)9(11)2/h3-5,8,13-14H,6-7H2,1-2H3. The summed E-state index contributed by atoms with van der Waals surface area (Å²) in [5.41, 5.74) is 2.44. The van der Waals surface area contributed by atoms with Crippen molar-refractivity contribution in [2.75, 3.05) is 11.9 Å². The molecular formula is C11H16INO. The van der Waals surface area contributed by atoms with E-state index in [4.69, 9.17) is 5.11 Å². The van der Waals surface area contributed by atoms with Crippen LogP contribution >= 0.6 is 22.6 Å². The smallest absolute Gasteiger partial charge is 0.0528 e. The Hall–Kier alpha value is -0.290. The highest BCUT2D eigenvalue weighted by Crippen LogP contribution is 2.20. The van der Waals surface area contributed by atoms with E-state index in [1.165, 1.54) is 9.13 Å². The number of nitrogens with one attached hydrogen (secondary N) is 1. The zero-order valence-corrected chi connectivity index (χ0v) is 10.7. The topological polar surface area (TPSA) is 32.3 Å². The molecule has 0 aliphatic carbocycles. The van der Waals surface area contributed by atoms with Crippen molar-refractivity contribution in [1.82, 2.24) is 0 Å². The molecule has 1 aromatic rings. The van der Waals surface area contributed by atoms with Gasteiger partial charge in [-0.05, 0) is 60.6 Å². The Morgan fingerprint density at radius 1 is 1.50 bits per heavy atom. The molecule has 0 aliphatic rings. The van der Waals surface area contributed by atoms with Gasteiger partial charge in [0.25, 0.3) is 0 Å². The SMILES string of the molecule is Cc1c(I)cccc1NCCC(C)O. The quantitative estimate of drug-likeness (QED) is 0.839. The first-order valence-electron chi connectivity index (χ1n) is 4.78. The first kappa shape index (κ1) is 11.8. The molecule has 0 fully saturated rings. The van der Waals surface area contributed by atoms with E-state index in [0.717, 1.165) is 18.7 Å². The molecular weight excluding hydrogens is 289 g/mol. The number of benzene rings is 1. The van der Waals surface area contributed by atoms with Gasteiger partial charge in [0.1, 0.15) is 0 Å². The molecule has 0 saturated heterocycles. The maximum Gasteiger partial charge on any atom is 0.0528 e. The lowest BCUT2D eigenvalue weighted by Gasteiger charge is -2.11. The largest absolute Gasteiger partial charge is 0.393 e. The van der Waals surface area contributed by atoms with E-state index >= 15 is 0 Å². The average molecular weight is 305 g/mol. The molecule has 0 bridgehead atoms. The number of aliphatic hydroxyl groups excluding tert-OH is 1. The van der Waals surface area contributed by atoms with Gasteiger partial charge in [-0.1, -0.05) is 6.07 Å². The van der Waals surface area contributed by atoms with E-state index < -0.39 is 0 Å². The van der Waals surface area contributed by atoms with Gasteiger partial charge in [0.15, 0.2) is 0 Å². The highest BCUT2D eigenvalue weighted by Gasteiger charge is 2.01. The molecule has 1 rings (SSSR count). The van der Waals surface area contributed by atoms with Crippen LogP contribution in [0.25, 0.3) is 0 Å². The zero-order valence-electron chi connectivity index (χ0n) is 8.55. The van der Waals surface area contributed by atoms with Crippen molar-refractivity contribution in [3.05, 3.63) is 27.3 Å². The lowest BCUT2D eigenvalue weighted by Crippen LogP contribution is -2.10. The maximum atomic E-state index is 9.11. The van der Waals surface area contributed by atoms with Crippen LogP contribution in [-0.4, -0.2) is 17.8 Å². The molecule has 3 heteroatoms. The van der Waals surface area contributed by atoms with Crippen molar-refractivity contribution >= 4 is 28.3 Å². The number of hydrogen-bond acceptors (Lipinski definition) is 2. The van der Waals surface area contributed by atoms with E-state index in [-0.39, 0.29) is 6.10 Å². The van der Waals surface area contributed by atoms with Crippen LogP contribution in [0, 0.1) is 10.5 Å². The Morgan fingerprint density at radius 2 is 2.21 bits per heavy atom. The van der Waals surface area contributed by atoms with Crippen molar-refractivity contribution in [3.63, 3.8) is 0 Å². The van der Waals surface area contributed by atoms with Gasteiger partial charge >= 0.3 is 0 Å². The van der Waals surface area contributed by atoms with Crippen molar-refractivity contribution in [3.8, 4) is 0 Å². The third-order valence-corrected chi connectivity index (χ3v) is 3.31. The second-order valence-electron chi connectivity index (χ2n) is 3.48. The zero-order chi connectivity index (χ0) is 10.6. The van der Waals surface area contributed by atoms with Crippen molar-refractivity contribution in [1.29, 1.82) is 0 Å². The first-order valence-corrected chi connectivity index (χ1v) is 5.86. The molecule has 14 heavy (non-hydrogen) atoms. The molecule has 0 amide bonds. The molecule has 1 atom stereocenters. The molecule has 0 saturated carbocycles. The molecule has 78 valence electrons. The Labute approximate surface area is 98.9 Å². The second kappa shape index (κ2) is 5.56. The molecule has 2 nitrogen and oxygen atoms in total. The number of hydrogen-bond donors (Lipinski definition) is 2. The second-order valence-corrected chi connectivity index (χ2v) is 4.64. The number of halogens is 1. The Morgan fingerprint density at radius 3 is 2.86 bits per heavy atom. The highest BCUT2D eigenvalue weighted by atomic mass is 127. The van der Waals surface area contributed by atoms with Crippen LogP contribution in [0.4, 0.5) is 5.69 Å². The predicted molar refractivity (Wildman–Crippen MR) is 68.7 cm³/mol. The van der Waals surface area contributed by atoms with Gasteiger partial charge in [-0.25, -0.2) is 0 Å². The summed E-state index contributed by atoms with van der Waals surface area (Å²) in [6.45, 7) is 4.73. The predicted octanol–water partition coefficient (Wildman–Crippen LogP) is 2.78. The Kier molecular flexibility index (Phi) is 4.68. The van der Waals surface area contributed by atoms with Gasteiger partial charge in [0, 0.05) is 15.8 Å². The number of rotatable bonds is 4. The van der Waals surface area contributed by atoms with Crippen LogP contribution in [0.1, 0.15) is 18.9 Å². The van der Waals surface area contributed by atoms with Gasteiger partial charge in [-0.15, -0.1) is 0 Å². The number of aliphatic hydroxyl groups is 1. The monoisotopic (exact) mass is 305 g/mol. The molecule has 0 heterocycles. The first-order chi connectivity index (χ1) is 6.61. The summed E-state index contributed by atoms with van der Waals surface area (Å²) < 4.78 is 1.27. The van der Waals surface area contributed by atoms with Gasteiger partial charge in [-0.2, -0.15) is 0 Å². The summed E-state index contributed by atoms with van der Waals surface area (Å²) >= 11 is 2.33. The average Bonchev–Trinajstić information content (AvgIpc) is 2.12. The normalized spacial score (nSPS) is 12.6. The van der Waals surface area contributed by atoms with Crippen LogP contribution in [-0.2, 0) is 0 Å². The van der Waals surface area contributed by atoms with E-state index in [1.54, 1.807) is 0 Å². The van der Waals surface area contributed by atoms with Crippen LogP contribution in [0.2, 0.25) is 0 Å². The Balaban J connectivity index is 2.54. The van der Waals surface area contributed by atoms with Gasteiger partial charge in [-0.3, -0.25) is 0 Å². The van der Waals surface area contributed by atoms with E-state index in [2.05, 4.69) is 47.0 Å². The molecule has 0 aromatic heterocycles. The summed E-state index contributed by atoms with van der Waals surface area (Å²) in [6, 6.07) is 6.20. The number of anilines is 1. The lowest BCUT2D eigenvalue weighted by molar-refractivity contribution is 0.189. The molecule has 1 unspecified atom stereocenters.